The van der Waals surface area contributed by atoms with Gasteiger partial charge in [-0.25, -0.2) is 0 Å². The zero-order valence-corrected chi connectivity index (χ0v) is 20.8. The van der Waals surface area contributed by atoms with Crippen LogP contribution < -0.4 is 10.6 Å². The van der Waals surface area contributed by atoms with Crippen LogP contribution in [0, 0.1) is 5.92 Å². The fourth-order valence-electron chi connectivity index (χ4n) is 3.98. The van der Waals surface area contributed by atoms with E-state index in [0.717, 1.165) is 44.6 Å². The van der Waals surface area contributed by atoms with E-state index in [1.807, 2.05) is 7.05 Å². The van der Waals surface area contributed by atoms with Crippen molar-refractivity contribution in [1.82, 2.24) is 25.3 Å². The lowest BCUT2D eigenvalue weighted by Gasteiger charge is -2.36. The number of carbonyl (C=O) groups is 1. The fourth-order valence-corrected chi connectivity index (χ4v) is 3.98. The number of hydrogen-bond donors (Lipinski definition) is 2. The zero-order valence-electron chi connectivity index (χ0n) is 18.5. The molecule has 2 aliphatic heterocycles. The number of carbonyl (C=O) groups excluding carboxylic acids is 1. The van der Waals surface area contributed by atoms with Gasteiger partial charge in [0.1, 0.15) is 0 Å². The van der Waals surface area contributed by atoms with Crippen molar-refractivity contribution < 1.29 is 9.53 Å². The number of amides is 1. The second-order valence-electron chi connectivity index (χ2n) is 7.75. The highest BCUT2D eigenvalue weighted by molar-refractivity contribution is 14.0. The lowest BCUT2D eigenvalue weighted by atomic mass is 9.93. The Labute approximate surface area is 193 Å². The predicted molar refractivity (Wildman–Crippen MR) is 129 cm³/mol. The molecular formula is C20H41IN6O2. The zero-order chi connectivity index (χ0) is 20.2. The lowest BCUT2D eigenvalue weighted by Crippen LogP contribution is -2.54. The van der Waals surface area contributed by atoms with Crippen molar-refractivity contribution in [2.24, 2.45) is 10.9 Å². The van der Waals surface area contributed by atoms with Crippen LogP contribution in [0.2, 0.25) is 0 Å². The van der Waals surface area contributed by atoms with Gasteiger partial charge in [-0.2, -0.15) is 0 Å². The maximum absolute atomic E-state index is 11.9. The number of aliphatic imine (C=N–C) groups is 1. The van der Waals surface area contributed by atoms with Crippen molar-refractivity contribution in [2.45, 2.75) is 26.2 Å². The molecule has 0 unspecified atom stereocenters. The summed E-state index contributed by atoms with van der Waals surface area (Å²) in [5.41, 5.74) is 0. The number of piperidine rings is 1. The van der Waals surface area contributed by atoms with Crippen molar-refractivity contribution in [1.29, 1.82) is 0 Å². The summed E-state index contributed by atoms with van der Waals surface area (Å²) in [6.07, 6.45) is 3.86. The molecule has 1 amide bonds. The molecule has 2 N–H and O–H groups in total. The van der Waals surface area contributed by atoms with Gasteiger partial charge >= 0.3 is 0 Å². The lowest BCUT2D eigenvalue weighted by molar-refractivity contribution is -0.122. The monoisotopic (exact) mass is 524 g/mol. The molecule has 0 aromatic rings. The molecule has 2 fully saturated rings. The molecule has 2 heterocycles. The van der Waals surface area contributed by atoms with Crippen LogP contribution in [0.25, 0.3) is 0 Å². The van der Waals surface area contributed by atoms with E-state index in [1.54, 1.807) is 7.11 Å². The third kappa shape index (κ3) is 9.80. The van der Waals surface area contributed by atoms with E-state index in [0.29, 0.717) is 19.7 Å². The Balaban J connectivity index is 0.00000420. The number of nitrogens with one attached hydrogen (secondary N) is 2. The Hall–Kier alpha value is -0.650. The molecule has 2 saturated heterocycles. The van der Waals surface area contributed by atoms with E-state index in [1.165, 1.54) is 38.9 Å². The molecule has 0 radical (unpaired) electrons. The van der Waals surface area contributed by atoms with Crippen LogP contribution in [0.4, 0.5) is 0 Å². The highest BCUT2D eigenvalue weighted by Gasteiger charge is 2.22. The normalized spacial score (nSPS) is 19.7. The first-order chi connectivity index (χ1) is 13.7. The van der Waals surface area contributed by atoms with Crippen LogP contribution in [0.5, 0.6) is 0 Å². The van der Waals surface area contributed by atoms with Gasteiger partial charge in [0, 0.05) is 53.4 Å². The smallest absolute Gasteiger partial charge is 0.234 e. The molecular weight excluding hydrogens is 483 g/mol. The van der Waals surface area contributed by atoms with Gasteiger partial charge in [-0.3, -0.25) is 14.7 Å². The number of ether oxygens (including phenoxy) is 1. The summed E-state index contributed by atoms with van der Waals surface area (Å²) in [4.78, 5) is 23.4. The van der Waals surface area contributed by atoms with Gasteiger partial charge in [0.15, 0.2) is 5.96 Å². The molecule has 0 bridgehead atoms. The van der Waals surface area contributed by atoms with Gasteiger partial charge in [0.2, 0.25) is 5.91 Å². The Kier molecular flexibility index (Phi) is 13.8. The number of halogens is 1. The minimum atomic E-state index is 0. The molecule has 0 saturated carbocycles. The van der Waals surface area contributed by atoms with Crippen LogP contribution in [-0.2, 0) is 9.53 Å². The maximum Gasteiger partial charge on any atom is 0.234 e. The van der Waals surface area contributed by atoms with Gasteiger partial charge in [-0.15, -0.1) is 24.0 Å². The van der Waals surface area contributed by atoms with E-state index in [9.17, 15) is 4.79 Å². The molecule has 2 rings (SSSR count). The highest BCUT2D eigenvalue weighted by Crippen LogP contribution is 2.19. The predicted octanol–water partition coefficient (Wildman–Crippen LogP) is 0.682. The molecule has 29 heavy (non-hydrogen) atoms. The fraction of sp³-hybridized carbons (Fsp3) is 0.900. The van der Waals surface area contributed by atoms with Crippen molar-refractivity contribution in [2.75, 3.05) is 86.2 Å². The van der Waals surface area contributed by atoms with E-state index in [2.05, 4.69) is 37.2 Å². The first-order valence-electron chi connectivity index (χ1n) is 10.8. The van der Waals surface area contributed by atoms with Crippen LogP contribution >= 0.6 is 24.0 Å². The number of nitrogens with zero attached hydrogens (tertiary/aromatic N) is 4. The molecule has 0 spiro atoms. The first kappa shape index (κ1) is 26.4. The van der Waals surface area contributed by atoms with Crippen LogP contribution in [-0.4, -0.2) is 113 Å². The van der Waals surface area contributed by atoms with Crippen LogP contribution in [0.3, 0.4) is 0 Å². The molecule has 0 atom stereocenters. The second-order valence-corrected chi connectivity index (χ2v) is 7.75. The summed E-state index contributed by atoms with van der Waals surface area (Å²) in [6.45, 7) is 12.1. The van der Waals surface area contributed by atoms with Crippen LogP contribution in [0.15, 0.2) is 4.99 Å². The Morgan fingerprint density at radius 3 is 2.31 bits per heavy atom. The van der Waals surface area contributed by atoms with Crippen molar-refractivity contribution >= 4 is 35.8 Å². The van der Waals surface area contributed by atoms with Gasteiger partial charge in [-0.1, -0.05) is 6.92 Å². The number of guanidine groups is 1. The van der Waals surface area contributed by atoms with Gasteiger partial charge in [0.05, 0.1) is 13.2 Å². The van der Waals surface area contributed by atoms with Crippen molar-refractivity contribution in [3.8, 4) is 0 Å². The minimum absolute atomic E-state index is 0. The SMILES string of the molecule is CCN1CCC(CCNC(=NC)N2CCN(CC(=O)NCCOC)CC2)CC1.I. The van der Waals surface area contributed by atoms with Crippen molar-refractivity contribution in [3.63, 3.8) is 0 Å². The summed E-state index contributed by atoms with van der Waals surface area (Å²) in [5.74, 6) is 1.90. The molecule has 9 heteroatoms. The number of likely N-dealkylation sites (tertiary alicyclic amines) is 1. The Bertz CT molecular complexity index is 478. The van der Waals surface area contributed by atoms with E-state index >= 15 is 0 Å². The molecule has 8 nitrogen and oxygen atoms in total. The van der Waals surface area contributed by atoms with Gasteiger partial charge < -0.3 is 25.2 Å². The number of methoxy groups -OCH3 is 1. The standard InChI is InChI=1S/C20H40N6O2.HI/c1-4-24-10-6-18(7-11-24)5-8-23-20(21-2)26-14-12-25(13-15-26)17-19(27)22-9-16-28-3;/h18H,4-17H2,1-3H3,(H,21,23)(H,22,27);1H. The minimum Gasteiger partial charge on any atom is -0.383 e. The summed E-state index contributed by atoms with van der Waals surface area (Å²) in [5, 5.41) is 6.44. The molecule has 170 valence electrons. The largest absolute Gasteiger partial charge is 0.383 e. The van der Waals surface area contributed by atoms with Gasteiger partial charge in [-0.05, 0) is 44.8 Å². The van der Waals surface area contributed by atoms with E-state index in [-0.39, 0.29) is 29.9 Å². The topological polar surface area (TPSA) is 72.4 Å². The average Bonchev–Trinajstić information content (AvgIpc) is 2.73. The number of piperazine rings is 1. The summed E-state index contributed by atoms with van der Waals surface area (Å²) in [7, 11) is 3.50. The average molecular weight is 524 g/mol. The molecule has 0 aromatic heterocycles. The van der Waals surface area contributed by atoms with Gasteiger partial charge in [0.25, 0.3) is 0 Å². The Morgan fingerprint density at radius 1 is 1.03 bits per heavy atom. The Morgan fingerprint density at radius 2 is 1.72 bits per heavy atom. The molecule has 0 aliphatic carbocycles. The maximum atomic E-state index is 11.9. The van der Waals surface area contributed by atoms with Crippen molar-refractivity contribution in [3.05, 3.63) is 0 Å². The van der Waals surface area contributed by atoms with Crippen LogP contribution in [0.1, 0.15) is 26.2 Å². The third-order valence-corrected chi connectivity index (χ3v) is 5.87. The number of rotatable bonds is 9. The highest BCUT2D eigenvalue weighted by atomic mass is 127. The summed E-state index contributed by atoms with van der Waals surface area (Å²) in [6, 6.07) is 0. The summed E-state index contributed by atoms with van der Waals surface area (Å²) < 4.78 is 4.96. The molecule has 2 aliphatic rings. The molecule has 0 aromatic carbocycles. The first-order valence-corrected chi connectivity index (χ1v) is 10.8. The second kappa shape index (κ2) is 15.2. The number of hydrogen-bond acceptors (Lipinski definition) is 5. The van der Waals surface area contributed by atoms with E-state index < -0.39 is 0 Å². The third-order valence-electron chi connectivity index (χ3n) is 5.87. The summed E-state index contributed by atoms with van der Waals surface area (Å²) >= 11 is 0. The van der Waals surface area contributed by atoms with E-state index in [4.69, 9.17) is 4.74 Å². The quantitative estimate of drug-likeness (QED) is 0.200.